The number of imide groups is 1. The molecule has 1 aromatic heterocycles. The molecule has 0 saturated carbocycles. The van der Waals surface area contributed by atoms with E-state index in [1.165, 1.54) is 13.1 Å². The van der Waals surface area contributed by atoms with Crippen LogP contribution in [0.5, 0.6) is 0 Å². The second kappa shape index (κ2) is 5.51. The molecule has 5 nitrogen and oxygen atoms in total. The maximum atomic E-state index is 11.8. The van der Waals surface area contributed by atoms with E-state index in [1.807, 2.05) is 0 Å². The molecule has 1 aliphatic rings. The van der Waals surface area contributed by atoms with Gasteiger partial charge in [0.25, 0.3) is 5.91 Å². The van der Waals surface area contributed by atoms with Crippen molar-refractivity contribution in [1.82, 2.24) is 10.2 Å². The minimum Gasteiger partial charge on any atom is -0.457 e. The van der Waals surface area contributed by atoms with E-state index >= 15 is 0 Å². The van der Waals surface area contributed by atoms with E-state index in [4.69, 9.17) is 27.6 Å². The molecule has 1 fully saturated rings. The summed E-state index contributed by atoms with van der Waals surface area (Å²) in [5.74, 6) is 0.526. The first-order chi connectivity index (χ1) is 10.5. The number of amides is 3. The van der Waals surface area contributed by atoms with Crippen molar-refractivity contribution in [1.29, 1.82) is 0 Å². The van der Waals surface area contributed by atoms with Crippen molar-refractivity contribution >= 4 is 41.2 Å². The number of hydrogen-bond acceptors (Lipinski definition) is 3. The molecule has 2 aromatic rings. The number of likely N-dealkylation sites (N-methyl/N-ethyl adjacent to an activating group) is 1. The van der Waals surface area contributed by atoms with Crippen LogP contribution in [0.3, 0.4) is 0 Å². The topological polar surface area (TPSA) is 62.6 Å². The number of carbonyl (C=O) groups is 2. The lowest BCUT2D eigenvalue weighted by molar-refractivity contribution is -0.121. The molecular formula is C15H10Cl2N2O3. The molecule has 0 radical (unpaired) electrons. The number of hydrogen-bond donors (Lipinski definition) is 1. The van der Waals surface area contributed by atoms with Crippen molar-refractivity contribution in [3.8, 4) is 11.3 Å². The predicted octanol–water partition coefficient (Wildman–Crippen LogP) is 3.78. The Kier molecular flexibility index (Phi) is 3.68. The number of rotatable bonds is 2. The van der Waals surface area contributed by atoms with Crippen LogP contribution in [0.2, 0.25) is 10.0 Å². The van der Waals surface area contributed by atoms with E-state index in [9.17, 15) is 9.59 Å². The van der Waals surface area contributed by atoms with Crippen LogP contribution in [0.15, 0.2) is 40.4 Å². The monoisotopic (exact) mass is 336 g/mol. The zero-order valence-electron chi connectivity index (χ0n) is 11.4. The fourth-order valence-electron chi connectivity index (χ4n) is 2.03. The van der Waals surface area contributed by atoms with Gasteiger partial charge < -0.3 is 9.73 Å². The lowest BCUT2D eigenvalue weighted by Gasteiger charge is -2.02. The van der Waals surface area contributed by atoms with Gasteiger partial charge in [-0.15, -0.1) is 0 Å². The van der Waals surface area contributed by atoms with Crippen molar-refractivity contribution < 1.29 is 14.0 Å². The van der Waals surface area contributed by atoms with E-state index in [-0.39, 0.29) is 5.70 Å². The number of furan rings is 1. The van der Waals surface area contributed by atoms with Gasteiger partial charge in [0.2, 0.25) is 0 Å². The number of benzene rings is 1. The molecule has 3 amide bonds. The fraction of sp³-hybridized carbons (Fsp3) is 0.0667. The third kappa shape index (κ3) is 2.49. The molecule has 1 aromatic carbocycles. The zero-order chi connectivity index (χ0) is 15.9. The molecule has 1 saturated heterocycles. The summed E-state index contributed by atoms with van der Waals surface area (Å²) in [4.78, 5) is 24.2. The van der Waals surface area contributed by atoms with Gasteiger partial charge in [0, 0.05) is 18.7 Å². The van der Waals surface area contributed by atoms with Gasteiger partial charge in [0.05, 0.1) is 10.0 Å². The standard InChI is InChI=1S/C15H10Cl2N2O3/c1-19-14(20)11(18-15(19)21)7-8-5-6-12(22-8)9-3-2-4-10(16)13(9)17/h2-7H,1H3,(H,18,21). The molecular weight excluding hydrogens is 327 g/mol. The minimum absolute atomic E-state index is 0.158. The van der Waals surface area contributed by atoms with E-state index < -0.39 is 11.9 Å². The van der Waals surface area contributed by atoms with Crippen LogP contribution in [0, 0.1) is 0 Å². The molecule has 1 N–H and O–H groups in total. The summed E-state index contributed by atoms with van der Waals surface area (Å²) in [6, 6.07) is 8.15. The van der Waals surface area contributed by atoms with Crippen LogP contribution in [0.4, 0.5) is 4.79 Å². The summed E-state index contributed by atoms with van der Waals surface area (Å²) in [6.45, 7) is 0. The van der Waals surface area contributed by atoms with Crippen LogP contribution in [0.1, 0.15) is 5.76 Å². The highest BCUT2D eigenvalue weighted by molar-refractivity contribution is 6.43. The van der Waals surface area contributed by atoms with E-state index in [0.29, 0.717) is 27.1 Å². The van der Waals surface area contributed by atoms with Gasteiger partial charge in [-0.1, -0.05) is 29.3 Å². The van der Waals surface area contributed by atoms with Crippen molar-refractivity contribution in [3.05, 3.63) is 51.8 Å². The van der Waals surface area contributed by atoms with Crippen LogP contribution in [-0.4, -0.2) is 23.9 Å². The van der Waals surface area contributed by atoms with Crippen LogP contribution >= 0.6 is 23.2 Å². The Morgan fingerprint density at radius 2 is 1.95 bits per heavy atom. The minimum atomic E-state index is -0.471. The number of urea groups is 1. The highest BCUT2D eigenvalue weighted by Crippen LogP contribution is 2.34. The Morgan fingerprint density at radius 1 is 1.18 bits per heavy atom. The average Bonchev–Trinajstić information content (AvgIpc) is 3.04. The molecule has 0 bridgehead atoms. The molecule has 22 heavy (non-hydrogen) atoms. The van der Waals surface area contributed by atoms with Crippen LogP contribution in [0.25, 0.3) is 17.4 Å². The maximum absolute atomic E-state index is 11.8. The summed E-state index contributed by atoms with van der Waals surface area (Å²) in [5.41, 5.74) is 0.809. The molecule has 1 aliphatic heterocycles. The Hall–Kier alpha value is -2.24. The van der Waals surface area contributed by atoms with Crippen molar-refractivity contribution in [2.24, 2.45) is 0 Å². The first-order valence-corrected chi connectivity index (χ1v) is 7.08. The molecule has 0 spiro atoms. The Morgan fingerprint density at radius 3 is 2.64 bits per heavy atom. The Balaban J connectivity index is 1.94. The van der Waals surface area contributed by atoms with E-state index in [2.05, 4.69) is 5.32 Å². The van der Waals surface area contributed by atoms with Gasteiger partial charge in [-0.05, 0) is 24.3 Å². The highest BCUT2D eigenvalue weighted by Gasteiger charge is 2.30. The summed E-state index contributed by atoms with van der Waals surface area (Å²) < 4.78 is 5.64. The van der Waals surface area contributed by atoms with Gasteiger partial charge in [-0.3, -0.25) is 9.69 Å². The van der Waals surface area contributed by atoms with Crippen LogP contribution < -0.4 is 5.32 Å². The second-order valence-corrected chi connectivity index (χ2v) is 5.44. The van der Waals surface area contributed by atoms with Gasteiger partial charge >= 0.3 is 6.03 Å². The van der Waals surface area contributed by atoms with Gasteiger partial charge in [-0.2, -0.15) is 0 Å². The predicted molar refractivity (Wildman–Crippen MR) is 83.4 cm³/mol. The number of nitrogens with one attached hydrogen (secondary N) is 1. The first-order valence-electron chi connectivity index (χ1n) is 6.32. The summed E-state index contributed by atoms with van der Waals surface area (Å²) in [6.07, 6.45) is 1.46. The Labute approximate surface area is 136 Å². The summed E-state index contributed by atoms with van der Waals surface area (Å²) in [5, 5.41) is 3.28. The molecule has 112 valence electrons. The lowest BCUT2D eigenvalue weighted by atomic mass is 10.2. The van der Waals surface area contributed by atoms with Crippen molar-refractivity contribution in [2.45, 2.75) is 0 Å². The smallest absolute Gasteiger partial charge is 0.328 e. The molecule has 7 heteroatoms. The molecule has 2 heterocycles. The zero-order valence-corrected chi connectivity index (χ0v) is 12.9. The molecule has 0 atom stereocenters. The fourth-order valence-corrected chi connectivity index (χ4v) is 2.43. The largest absolute Gasteiger partial charge is 0.457 e. The van der Waals surface area contributed by atoms with Gasteiger partial charge in [0.15, 0.2) is 0 Å². The first kappa shape index (κ1) is 14.7. The SMILES string of the molecule is CN1C(=O)NC(=Cc2ccc(-c3cccc(Cl)c3Cl)o2)C1=O. The normalized spacial score (nSPS) is 16.5. The number of carbonyl (C=O) groups excluding carboxylic acids is 2. The summed E-state index contributed by atoms with van der Waals surface area (Å²) in [7, 11) is 1.40. The third-order valence-corrected chi connectivity index (χ3v) is 4.03. The Bertz CT molecular complexity index is 811. The lowest BCUT2D eigenvalue weighted by Crippen LogP contribution is -2.25. The summed E-state index contributed by atoms with van der Waals surface area (Å²) >= 11 is 12.1. The van der Waals surface area contributed by atoms with E-state index in [1.54, 1.807) is 30.3 Å². The molecule has 0 aliphatic carbocycles. The van der Waals surface area contributed by atoms with Gasteiger partial charge in [-0.25, -0.2) is 4.79 Å². The van der Waals surface area contributed by atoms with E-state index in [0.717, 1.165) is 4.90 Å². The van der Waals surface area contributed by atoms with Crippen LogP contribution in [-0.2, 0) is 4.79 Å². The average molecular weight is 337 g/mol. The van der Waals surface area contributed by atoms with Gasteiger partial charge in [0.1, 0.15) is 17.2 Å². The maximum Gasteiger partial charge on any atom is 0.328 e. The molecule has 3 rings (SSSR count). The van der Waals surface area contributed by atoms with Crippen molar-refractivity contribution in [2.75, 3.05) is 7.05 Å². The quantitative estimate of drug-likeness (QED) is 0.670. The van der Waals surface area contributed by atoms with Crippen molar-refractivity contribution in [3.63, 3.8) is 0 Å². The molecule has 0 unspecified atom stereocenters. The highest BCUT2D eigenvalue weighted by atomic mass is 35.5. The number of halogens is 2. The second-order valence-electron chi connectivity index (χ2n) is 4.66. The third-order valence-electron chi connectivity index (χ3n) is 3.21. The number of nitrogens with zero attached hydrogens (tertiary/aromatic N) is 1.